The first-order valence-electron chi connectivity index (χ1n) is 2.87. The maximum absolute atomic E-state index is 8.49. The Morgan fingerprint density at radius 3 is 1.57 bits per heavy atom. The van der Waals surface area contributed by atoms with Crippen molar-refractivity contribution in [2.45, 2.75) is 0 Å². The minimum atomic E-state index is -2.22. The second kappa shape index (κ2) is 6.68. The van der Waals surface area contributed by atoms with Gasteiger partial charge in [0.25, 0.3) is 0 Å². The monoisotopic (exact) mass is 189 g/mol. The van der Waals surface area contributed by atoms with E-state index in [0.29, 0.717) is 0 Å². The first kappa shape index (κ1) is 14.7. The Hall–Kier alpha value is -1.81. The summed E-state index contributed by atoms with van der Waals surface area (Å²) in [7, 11) is 0. The van der Waals surface area contributed by atoms with Crippen LogP contribution in [0.1, 0.15) is 0 Å². The Morgan fingerprint density at radius 1 is 0.929 bits per heavy atom. The maximum atomic E-state index is 8.49. The summed E-state index contributed by atoms with van der Waals surface area (Å²) in [6.45, 7) is 0. The van der Waals surface area contributed by atoms with Gasteiger partial charge in [-0.25, -0.2) is 5.26 Å². The van der Waals surface area contributed by atoms with Crippen LogP contribution in [0.2, 0.25) is 0 Å². The molecule has 0 amide bonds. The van der Waals surface area contributed by atoms with E-state index in [1.54, 1.807) is 0 Å². The van der Waals surface area contributed by atoms with Gasteiger partial charge in [-0.05, 0) is 6.07 Å². The molecule has 5 nitrogen and oxygen atoms in total. The number of rotatable bonds is 1. The number of nitrogens with zero attached hydrogens (tertiary/aromatic N) is 5. The van der Waals surface area contributed by atoms with Crippen LogP contribution in [-0.2, 0) is 0 Å². The van der Waals surface area contributed by atoms with Gasteiger partial charge < -0.3 is 5.26 Å². The van der Waals surface area contributed by atoms with Crippen molar-refractivity contribution in [3.63, 3.8) is 0 Å². The molecular formula is C8N5Na. The van der Waals surface area contributed by atoms with Crippen LogP contribution >= 0.6 is 0 Å². The molecule has 0 N–H and O–H groups in total. The Kier molecular flexibility index (Phi) is 7.01. The van der Waals surface area contributed by atoms with E-state index in [2.05, 4.69) is 0 Å². The number of hydrogen-bond donors (Lipinski definition) is 0. The Balaban J connectivity index is 0. The molecule has 0 saturated heterocycles. The summed E-state index contributed by atoms with van der Waals surface area (Å²) in [4.78, 5) is 0. The molecule has 0 unspecified atom stereocenters. The van der Waals surface area contributed by atoms with Crippen molar-refractivity contribution in [3.8, 4) is 30.3 Å². The van der Waals surface area contributed by atoms with Gasteiger partial charge in [-0.2, -0.15) is 15.8 Å². The number of hydrogen-bond acceptors (Lipinski definition) is 5. The molecule has 0 aromatic heterocycles. The van der Waals surface area contributed by atoms with Gasteiger partial charge in [0.1, 0.15) is 18.2 Å². The molecule has 0 aliphatic heterocycles. The fourth-order valence-corrected chi connectivity index (χ4v) is 0.504. The van der Waals surface area contributed by atoms with E-state index < -0.39 is 11.0 Å². The Labute approximate surface area is 103 Å². The van der Waals surface area contributed by atoms with E-state index in [0.717, 1.165) is 0 Å². The SMILES string of the molecule is N#C[C-]=C(C#N)C(C#N)(C#N)C#N.[Na+]. The fourth-order valence-electron chi connectivity index (χ4n) is 0.504. The topological polar surface area (TPSA) is 119 Å². The summed E-state index contributed by atoms with van der Waals surface area (Å²) < 4.78 is 0. The molecule has 14 heavy (non-hydrogen) atoms. The first-order valence-corrected chi connectivity index (χ1v) is 2.87. The van der Waals surface area contributed by atoms with Crippen molar-refractivity contribution in [1.82, 2.24) is 0 Å². The second-order valence-corrected chi connectivity index (χ2v) is 1.81. The molecule has 0 aliphatic rings. The molecule has 0 spiro atoms. The Morgan fingerprint density at radius 2 is 1.36 bits per heavy atom. The summed E-state index contributed by atoms with van der Waals surface area (Å²) in [6.07, 6.45) is 1.82. The standard InChI is InChI=1S/C8N5.Na/c9-2-1-7(3-10)8(4-11,5-12)6-13;/q-1;+1. The zero-order chi connectivity index (χ0) is 10.3. The fraction of sp³-hybridized carbons (Fsp3) is 0.125. The van der Waals surface area contributed by atoms with Crippen LogP contribution in [0.5, 0.6) is 0 Å². The summed E-state index contributed by atoms with van der Waals surface area (Å²) in [5.41, 5.74) is -2.80. The normalized spacial score (nSPS) is 8.93. The second-order valence-electron chi connectivity index (χ2n) is 1.81. The Bertz CT molecular complexity index is 407. The third-order valence-corrected chi connectivity index (χ3v) is 1.17. The molecular weight excluding hydrogens is 189 g/mol. The largest absolute Gasteiger partial charge is 1.00 e. The van der Waals surface area contributed by atoms with Gasteiger partial charge >= 0.3 is 29.6 Å². The van der Waals surface area contributed by atoms with Gasteiger partial charge in [0.2, 0.25) is 5.41 Å². The van der Waals surface area contributed by atoms with E-state index in [1.165, 1.54) is 30.3 Å². The number of allylic oxidation sites excluding steroid dienone is 2. The van der Waals surface area contributed by atoms with E-state index >= 15 is 0 Å². The molecule has 0 heterocycles. The van der Waals surface area contributed by atoms with Gasteiger partial charge in [-0.3, -0.25) is 0 Å². The van der Waals surface area contributed by atoms with E-state index in [9.17, 15) is 0 Å². The van der Waals surface area contributed by atoms with Crippen LogP contribution in [0.4, 0.5) is 0 Å². The van der Waals surface area contributed by atoms with Gasteiger partial charge in [-0.15, -0.1) is 17.7 Å². The summed E-state index contributed by atoms with van der Waals surface area (Å²) in [5.74, 6) is 0. The molecule has 0 saturated carbocycles. The van der Waals surface area contributed by atoms with Crippen molar-refractivity contribution in [2.75, 3.05) is 0 Å². The average Bonchev–Trinajstić information content (AvgIpc) is 2.19. The van der Waals surface area contributed by atoms with Crippen molar-refractivity contribution in [1.29, 1.82) is 26.3 Å². The molecule has 58 valence electrons. The predicted octanol–water partition coefficient (Wildman–Crippen LogP) is -2.68. The van der Waals surface area contributed by atoms with E-state index in [4.69, 9.17) is 26.3 Å². The smallest absolute Gasteiger partial charge is 0.329 e. The minimum Gasteiger partial charge on any atom is -0.329 e. The third kappa shape index (κ3) is 2.60. The maximum Gasteiger partial charge on any atom is 1.00 e. The summed E-state index contributed by atoms with van der Waals surface area (Å²) in [6, 6.07) is 6.84. The van der Waals surface area contributed by atoms with Gasteiger partial charge in [-0.1, -0.05) is 0 Å². The van der Waals surface area contributed by atoms with Crippen LogP contribution in [0.25, 0.3) is 0 Å². The first-order chi connectivity index (χ1) is 6.20. The van der Waals surface area contributed by atoms with Crippen molar-refractivity contribution in [2.24, 2.45) is 5.41 Å². The van der Waals surface area contributed by atoms with Crippen molar-refractivity contribution >= 4 is 0 Å². The molecule has 0 atom stereocenters. The zero-order valence-electron chi connectivity index (χ0n) is 7.24. The van der Waals surface area contributed by atoms with Crippen LogP contribution in [-0.4, -0.2) is 0 Å². The van der Waals surface area contributed by atoms with Crippen molar-refractivity contribution in [3.05, 3.63) is 11.6 Å². The van der Waals surface area contributed by atoms with Crippen LogP contribution < -0.4 is 29.6 Å². The molecule has 0 bridgehead atoms. The molecule has 0 radical (unpaired) electrons. The van der Waals surface area contributed by atoms with Gasteiger partial charge in [0.15, 0.2) is 0 Å². The molecule has 0 aromatic carbocycles. The summed E-state index contributed by atoms with van der Waals surface area (Å²) >= 11 is 0. The predicted molar refractivity (Wildman–Crippen MR) is 37.3 cm³/mol. The minimum absolute atomic E-state index is 0. The zero-order valence-corrected chi connectivity index (χ0v) is 9.24. The van der Waals surface area contributed by atoms with Crippen LogP contribution in [0.15, 0.2) is 5.57 Å². The quantitative estimate of drug-likeness (QED) is 0.253. The molecule has 6 heteroatoms. The van der Waals surface area contributed by atoms with E-state index in [-0.39, 0.29) is 29.6 Å². The van der Waals surface area contributed by atoms with Crippen LogP contribution in [0, 0.1) is 68.1 Å². The molecule has 0 fully saturated rings. The van der Waals surface area contributed by atoms with Crippen LogP contribution in [0.3, 0.4) is 0 Å². The van der Waals surface area contributed by atoms with E-state index in [1.807, 2.05) is 6.08 Å². The molecule has 0 aromatic rings. The third-order valence-electron chi connectivity index (χ3n) is 1.17. The molecule has 0 aliphatic carbocycles. The van der Waals surface area contributed by atoms with Gasteiger partial charge in [0.05, 0.1) is 0 Å². The molecule has 0 rings (SSSR count). The van der Waals surface area contributed by atoms with Gasteiger partial charge in [0, 0.05) is 0 Å². The number of nitriles is 5. The average molecular weight is 189 g/mol. The van der Waals surface area contributed by atoms with Crippen molar-refractivity contribution < 1.29 is 29.6 Å². The summed E-state index contributed by atoms with van der Waals surface area (Å²) in [5, 5.41) is 42.1.